The number of carbonyl (C=O) groups is 1. The van der Waals surface area contributed by atoms with Gasteiger partial charge in [0.1, 0.15) is 18.0 Å². The van der Waals surface area contributed by atoms with Crippen molar-refractivity contribution in [1.82, 2.24) is 14.9 Å². The molecule has 8 heteroatoms. The maximum absolute atomic E-state index is 13.3. The molecular weight excluding hydrogens is 424 g/mol. The van der Waals surface area contributed by atoms with Crippen LogP contribution in [-0.2, 0) is 4.79 Å². The van der Waals surface area contributed by atoms with Crippen LogP contribution in [0.1, 0.15) is 0 Å². The molecule has 0 aliphatic heterocycles. The van der Waals surface area contributed by atoms with Crippen molar-refractivity contribution >= 4 is 28.6 Å². The van der Waals surface area contributed by atoms with E-state index in [1.165, 1.54) is 4.57 Å². The summed E-state index contributed by atoms with van der Waals surface area (Å²) in [6, 6.07) is 25.5. The molecule has 158 valence electrons. The summed E-state index contributed by atoms with van der Waals surface area (Å²) in [5, 5.41) is 12.0. The molecule has 0 aliphatic carbocycles. The van der Waals surface area contributed by atoms with Gasteiger partial charge in [-0.2, -0.15) is 5.26 Å². The van der Waals surface area contributed by atoms with Crippen LogP contribution in [0.3, 0.4) is 0 Å². The number of para-hydroxylation sites is 2. The molecule has 0 radical (unpaired) electrons. The highest BCUT2D eigenvalue weighted by Gasteiger charge is 2.15. The largest absolute Gasteiger partial charge is 0.457 e. The van der Waals surface area contributed by atoms with Gasteiger partial charge in [0.25, 0.3) is 5.56 Å². The Balaban J connectivity index is 1.68. The number of hydrogen-bond donors (Lipinski definition) is 1. The molecule has 0 fully saturated rings. The summed E-state index contributed by atoms with van der Waals surface area (Å²) in [5.41, 5.74) is 0.929. The number of thioether (sulfide) groups is 1. The van der Waals surface area contributed by atoms with Gasteiger partial charge in [0.15, 0.2) is 5.16 Å². The maximum Gasteiger partial charge on any atom is 0.266 e. The molecule has 4 aromatic rings. The first-order valence-electron chi connectivity index (χ1n) is 9.77. The SMILES string of the molecule is N#CCNC(=O)CSc1nc2ccccc2c(=O)n1-c1ccc(Oc2ccccc2)cc1. The molecule has 0 aliphatic rings. The second kappa shape index (κ2) is 9.81. The zero-order chi connectivity index (χ0) is 22.3. The van der Waals surface area contributed by atoms with Crippen molar-refractivity contribution in [3.63, 3.8) is 0 Å². The Hall–Kier alpha value is -4.09. The first-order valence-corrected chi connectivity index (χ1v) is 10.8. The maximum atomic E-state index is 13.3. The lowest BCUT2D eigenvalue weighted by molar-refractivity contribution is -0.118. The Bertz CT molecular complexity index is 1350. The second-order valence-electron chi connectivity index (χ2n) is 6.68. The molecule has 0 saturated carbocycles. The van der Waals surface area contributed by atoms with E-state index in [4.69, 9.17) is 10.00 Å². The monoisotopic (exact) mass is 442 g/mol. The Kier molecular flexibility index (Phi) is 6.49. The van der Waals surface area contributed by atoms with E-state index in [1.54, 1.807) is 42.5 Å². The average Bonchev–Trinajstić information content (AvgIpc) is 2.83. The van der Waals surface area contributed by atoms with E-state index in [2.05, 4.69) is 10.3 Å². The molecule has 32 heavy (non-hydrogen) atoms. The van der Waals surface area contributed by atoms with Gasteiger partial charge in [-0.15, -0.1) is 0 Å². The molecule has 7 nitrogen and oxygen atoms in total. The van der Waals surface area contributed by atoms with Gasteiger partial charge in [0.05, 0.1) is 28.4 Å². The van der Waals surface area contributed by atoms with E-state index in [-0.39, 0.29) is 23.8 Å². The van der Waals surface area contributed by atoms with E-state index in [1.807, 2.05) is 42.5 Å². The summed E-state index contributed by atoms with van der Waals surface area (Å²) < 4.78 is 7.31. The van der Waals surface area contributed by atoms with Gasteiger partial charge in [-0.05, 0) is 48.5 Å². The number of nitrogens with one attached hydrogen (secondary N) is 1. The number of aromatic nitrogens is 2. The Morgan fingerprint density at radius 2 is 1.69 bits per heavy atom. The predicted octanol–water partition coefficient (Wildman–Crippen LogP) is 3.91. The number of nitrogens with zero attached hydrogens (tertiary/aromatic N) is 3. The Labute approximate surface area is 188 Å². The number of ether oxygens (including phenoxy) is 1. The van der Waals surface area contributed by atoms with Crippen molar-refractivity contribution in [2.24, 2.45) is 0 Å². The third-order valence-corrected chi connectivity index (χ3v) is 5.45. The predicted molar refractivity (Wildman–Crippen MR) is 123 cm³/mol. The highest BCUT2D eigenvalue weighted by Crippen LogP contribution is 2.25. The number of nitriles is 1. The third-order valence-electron chi connectivity index (χ3n) is 4.52. The fraction of sp³-hybridized carbons (Fsp3) is 0.0833. The minimum atomic E-state index is -0.308. The molecule has 0 atom stereocenters. The van der Waals surface area contributed by atoms with Gasteiger partial charge >= 0.3 is 0 Å². The summed E-state index contributed by atoms with van der Waals surface area (Å²) in [4.78, 5) is 29.9. The van der Waals surface area contributed by atoms with Crippen molar-refractivity contribution in [2.75, 3.05) is 12.3 Å². The number of benzene rings is 3. The molecule has 0 spiro atoms. The summed E-state index contributed by atoms with van der Waals surface area (Å²) >= 11 is 1.14. The lowest BCUT2D eigenvalue weighted by atomic mass is 10.2. The number of rotatable bonds is 7. The molecule has 0 saturated heterocycles. The van der Waals surface area contributed by atoms with E-state index in [0.717, 1.165) is 11.8 Å². The number of carbonyl (C=O) groups excluding carboxylic acids is 1. The van der Waals surface area contributed by atoms with Gasteiger partial charge in [-0.3, -0.25) is 14.2 Å². The van der Waals surface area contributed by atoms with Crippen LogP contribution in [0.15, 0.2) is 88.8 Å². The quantitative estimate of drug-likeness (QED) is 0.265. The van der Waals surface area contributed by atoms with Crippen LogP contribution < -0.4 is 15.6 Å². The van der Waals surface area contributed by atoms with Crippen LogP contribution in [0.25, 0.3) is 16.6 Å². The number of amides is 1. The second-order valence-corrected chi connectivity index (χ2v) is 7.63. The molecule has 1 amide bonds. The van der Waals surface area contributed by atoms with Crippen LogP contribution in [0.5, 0.6) is 11.5 Å². The Morgan fingerprint density at radius 3 is 2.44 bits per heavy atom. The first-order chi connectivity index (χ1) is 15.7. The lowest BCUT2D eigenvalue weighted by Crippen LogP contribution is -2.26. The molecule has 4 rings (SSSR count). The van der Waals surface area contributed by atoms with Crippen molar-refractivity contribution < 1.29 is 9.53 Å². The van der Waals surface area contributed by atoms with E-state index in [9.17, 15) is 9.59 Å². The average molecular weight is 443 g/mol. The molecule has 1 N–H and O–H groups in total. The summed E-state index contributed by atoms with van der Waals surface area (Å²) in [5.74, 6) is 1.06. The van der Waals surface area contributed by atoms with Gasteiger partial charge in [0.2, 0.25) is 5.91 Å². The normalized spacial score (nSPS) is 10.5. The highest BCUT2D eigenvalue weighted by molar-refractivity contribution is 7.99. The van der Waals surface area contributed by atoms with Crippen molar-refractivity contribution in [1.29, 1.82) is 5.26 Å². The molecule has 3 aromatic carbocycles. The minimum absolute atomic E-state index is 0.0294. The molecule has 0 bridgehead atoms. The van der Waals surface area contributed by atoms with Crippen LogP contribution in [0.2, 0.25) is 0 Å². The highest BCUT2D eigenvalue weighted by atomic mass is 32.2. The fourth-order valence-corrected chi connectivity index (χ4v) is 3.89. The molecule has 1 aromatic heterocycles. The van der Waals surface area contributed by atoms with Gasteiger partial charge in [0, 0.05) is 0 Å². The van der Waals surface area contributed by atoms with Crippen LogP contribution in [-0.4, -0.2) is 27.8 Å². The molecular formula is C24H18N4O3S. The minimum Gasteiger partial charge on any atom is -0.457 e. The smallest absolute Gasteiger partial charge is 0.266 e. The fourth-order valence-electron chi connectivity index (χ4n) is 3.04. The zero-order valence-corrected chi connectivity index (χ0v) is 17.7. The topological polar surface area (TPSA) is 97.0 Å². The lowest BCUT2D eigenvalue weighted by Gasteiger charge is -2.14. The van der Waals surface area contributed by atoms with Gasteiger partial charge in [-0.25, -0.2) is 4.98 Å². The molecule has 0 unspecified atom stereocenters. The van der Waals surface area contributed by atoms with Crippen molar-refractivity contribution in [3.8, 4) is 23.3 Å². The van der Waals surface area contributed by atoms with Gasteiger partial charge in [-0.1, -0.05) is 42.1 Å². The van der Waals surface area contributed by atoms with Crippen LogP contribution in [0.4, 0.5) is 0 Å². The first kappa shape index (κ1) is 21.2. The summed E-state index contributed by atoms with van der Waals surface area (Å²) in [6.07, 6.45) is 0. The van der Waals surface area contributed by atoms with Gasteiger partial charge < -0.3 is 10.1 Å². The Morgan fingerprint density at radius 1 is 1.00 bits per heavy atom. The molecule has 1 heterocycles. The van der Waals surface area contributed by atoms with Crippen LogP contribution in [0, 0.1) is 11.3 Å². The van der Waals surface area contributed by atoms with Crippen molar-refractivity contribution in [2.45, 2.75) is 5.16 Å². The summed E-state index contributed by atoms with van der Waals surface area (Å²) in [7, 11) is 0. The zero-order valence-electron chi connectivity index (χ0n) is 16.9. The van der Waals surface area contributed by atoms with Crippen LogP contribution >= 0.6 is 11.8 Å². The van der Waals surface area contributed by atoms with E-state index < -0.39 is 0 Å². The summed E-state index contributed by atoms with van der Waals surface area (Å²) in [6.45, 7) is -0.0692. The van der Waals surface area contributed by atoms with Crippen molar-refractivity contribution in [3.05, 3.63) is 89.2 Å². The van der Waals surface area contributed by atoms with E-state index >= 15 is 0 Å². The van der Waals surface area contributed by atoms with E-state index in [0.29, 0.717) is 33.2 Å². The standard InChI is InChI=1S/C24H18N4O3S/c25-14-15-26-22(29)16-32-24-27-21-9-5-4-8-20(21)23(30)28(24)17-10-12-19(13-11-17)31-18-6-2-1-3-7-18/h1-13H,15-16H2,(H,26,29). The third kappa shape index (κ3) is 4.79. The number of fused-ring (bicyclic) bond motifs is 1. The number of hydrogen-bond acceptors (Lipinski definition) is 6.